The van der Waals surface area contributed by atoms with Gasteiger partial charge in [-0.3, -0.25) is 0 Å². The molecule has 2 fully saturated rings. The van der Waals surface area contributed by atoms with Gasteiger partial charge in [-0.1, -0.05) is 0 Å². The molecule has 2 rings (SSSR count). The first kappa shape index (κ1) is 36.4. The molecule has 19 heteroatoms. The molecule has 13 N–H and O–H groups in total. The van der Waals surface area contributed by atoms with Crippen LogP contribution in [0.1, 0.15) is 0 Å². The van der Waals surface area contributed by atoms with Gasteiger partial charge in [0, 0.05) is 0 Å². The monoisotopic (exact) mass is 514 g/mol. The molecule has 17 nitrogen and oxygen atoms in total. The van der Waals surface area contributed by atoms with E-state index in [0.717, 1.165) is 0 Å². The minimum atomic E-state index is -5.14. The van der Waals surface area contributed by atoms with Crippen LogP contribution in [-0.4, -0.2) is 169 Å². The molecule has 31 heavy (non-hydrogen) atoms. The fourth-order valence-electron chi connectivity index (χ4n) is 2.57. The Kier molecular flexibility index (Phi) is 18.4. The van der Waals surface area contributed by atoms with Crippen molar-refractivity contribution in [3.63, 3.8) is 0 Å². The molecule has 2 heterocycles. The molecule has 1 unspecified atom stereocenters. The van der Waals surface area contributed by atoms with Crippen LogP contribution in [0.25, 0.3) is 0 Å². The summed E-state index contributed by atoms with van der Waals surface area (Å²) in [6.45, 7) is -1.35. The van der Waals surface area contributed by atoms with Gasteiger partial charge in [0.2, 0.25) is 0 Å². The molecule has 0 aliphatic carbocycles. The Balaban J connectivity index is -0.000000883. The number of ether oxygens (including phenoxy) is 3. The Bertz CT molecular complexity index is 511. The van der Waals surface area contributed by atoms with E-state index in [4.69, 9.17) is 38.6 Å². The van der Waals surface area contributed by atoms with Gasteiger partial charge in [0.1, 0.15) is 48.8 Å². The summed E-state index contributed by atoms with van der Waals surface area (Å²) in [5.74, 6) is 0. The zero-order chi connectivity index (χ0) is 21.8. The Morgan fingerprint density at radius 2 is 1.23 bits per heavy atom. The predicted octanol–water partition coefficient (Wildman–Crippen LogP) is -9.62. The first-order chi connectivity index (χ1) is 12.8. The Morgan fingerprint density at radius 3 is 1.65 bits per heavy atom. The van der Waals surface area contributed by atoms with E-state index >= 15 is 0 Å². The SMILES string of the molecule is O.O.O=P([O-])([O-])O.OC[C@H]1O[C@@H](O[C@H]2[C@H](O)[C@@H](O)C(O)O[C@@H]2CO)[C@H](O)[C@@H](O)[C@H]1O.[Ca+2]. The van der Waals surface area contributed by atoms with Crippen molar-refractivity contribution in [2.75, 3.05) is 13.2 Å². The molecule has 0 aromatic heterocycles. The standard InChI is InChI=1S/C12H22O11.Ca.H3O4P.2H2O/c13-1-3-5(15)6(16)9(19)12(22-3)23-10-4(2-14)21-11(20)8(18)7(10)17;;1-5(2,3)4;;/h3-20H,1-2H2;;(H3,1,2,3,4);2*1H2/q;+2;;;/p-2/t3-,4-,5+,6+,7-,8-,9-,10-,11?,12+;;;;/m1..../s1. The zero-order valence-electron chi connectivity index (χ0n) is 15.8. The van der Waals surface area contributed by atoms with Crippen LogP contribution in [0.2, 0.25) is 0 Å². The number of phosphoric acid groups is 1. The molecule has 0 saturated carbocycles. The number of hydrogen-bond donors (Lipinski definition) is 9. The maximum Gasteiger partial charge on any atom is 2.00 e. The minimum absolute atomic E-state index is 0. The fraction of sp³-hybridized carbons (Fsp3) is 1.00. The summed E-state index contributed by atoms with van der Waals surface area (Å²) in [5, 5.41) is 76.5. The average Bonchev–Trinajstić information content (AvgIpc) is 2.60. The normalized spacial score (nSPS) is 40.2. The molecule has 0 amide bonds. The third kappa shape index (κ3) is 10.8. The van der Waals surface area contributed by atoms with E-state index in [9.17, 15) is 35.7 Å². The van der Waals surface area contributed by atoms with Gasteiger partial charge in [0.15, 0.2) is 12.6 Å². The molecule has 0 radical (unpaired) electrons. The third-order valence-corrected chi connectivity index (χ3v) is 3.98. The third-order valence-electron chi connectivity index (χ3n) is 3.98. The maximum absolute atomic E-state index is 9.94. The summed E-state index contributed by atoms with van der Waals surface area (Å²) in [6, 6.07) is 0. The van der Waals surface area contributed by atoms with Crippen molar-refractivity contribution in [3.05, 3.63) is 0 Å². The van der Waals surface area contributed by atoms with Crippen LogP contribution in [-0.2, 0) is 18.8 Å². The van der Waals surface area contributed by atoms with E-state index in [-0.39, 0.29) is 48.7 Å². The summed E-state index contributed by atoms with van der Waals surface area (Å²) in [6.07, 6.45) is -15.6. The quantitative estimate of drug-likeness (QED) is 0.124. The predicted molar refractivity (Wildman–Crippen MR) is 91.4 cm³/mol. The van der Waals surface area contributed by atoms with Gasteiger partial charge in [-0.15, -0.1) is 0 Å². The molecule has 184 valence electrons. The van der Waals surface area contributed by atoms with Crippen molar-refractivity contribution in [3.8, 4) is 0 Å². The van der Waals surface area contributed by atoms with Gasteiger partial charge < -0.3 is 85.3 Å². The molecule has 0 aromatic rings. The molecular formula is C12H27CaO17P. The molecule has 0 bridgehead atoms. The summed E-state index contributed by atoms with van der Waals surface area (Å²) >= 11 is 0. The average molecular weight is 514 g/mol. The topological polar surface area (TPSA) is 336 Å². The Morgan fingerprint density at radius 1 is 0.774 bits per heavy atom. The fourth-order valence-corrected chi connectivity index (χ4v) is 2.57. The van der Waals surface area contributed by atoms with Crippen molar-refractivity contribution < 1.29 is 85.3 Å². The van der Waals surface area contributed by atoms with Gasteiger partial charge in [0.05, 0.1) is 21.0 Å². The van der Waals surface area contributed by atoms with Gasteiger partial charge >= 0.3 is 37.7 Å². The maximum atomic E-state index is 9.94. The molecule has 2 saturated heterocycles. The summed E-state index contributed by atoms with van der Waals surface area (Å²) in [4.78, 5) is 24.3. The van der Waals surface area contributed by atoms with Gasteiger partial charge in [0.25, 0.3) is 0 Å². The van der Waals surface area contributed by atoms with Crippen molar-refractivity contribution in [1.29, 1.82) is 0 Å². The zero-order valence-corrected chi connectivity index (χ0v) is 18.9. The van der Waals surface area contributed by atoms with Crippen LogP contribution >= 0.6 is 7.82 Å². The first-order valence-corrected chi connectivity index (χ1v) is 9.32. The molecule has 0 aromatic carbocycles. The number of hydrogen-bond acceptors (Lipinski definition) is 14. The van der Waals surface area contributed by atoms with Crippen LogP contribution in [0.3, 0.4) is 0 Å². The summed E-state index contributed by atoms with van der Waals surface area (Å²) in [5.41, 5.74) is 0. The molecular weight excluding hydrogens is 487 g/mol. The number of aliphatic hydroxyl groups excluding tert-OH is 8. The van der Waals surface area contributed by atoms with Crippen molar-refractivity contribution in [2.24, 2.45) is 0 Å². The van der Waals surface area contributed by atoms with Crippen molar-refractivity contribution in [1.82, 2.24) is 0 Å². The smallest absolute Gasteiger partial charge is 0.790 e. The summed E-state index contributed by atoms with van der Waals surface area (Å²) < 4.78 is 23.9. The van der Waals surface area contributed by atoms with Crippen LogP contribution in [0.15, 0.2) is 0 Å². The Labute approximate surface area is 204 Å². The van der Waals surface area contributed by atoms with Gasteiger partial charge in [-0.05, 0) is 0 Å². The second-order valence-corrected chi connectivity index (χ2v) is 6.93. The van der Waals surface area contributed by atoms with E-state index in [0.29, 0.717) is 0 Å². The Hall–Kier alpha value is 0.850. The van der Waals surface area contributed by atoms with E-state index < -0.39 is 82.4 Å². The van der Waals surface area contributed by atoms with Gasteiger partial charge in [-0.2, -0.15) is 0 Å². The largest absolute Gasteiger partial charge is 2.00 e. The van der Waals surface area contributed by atoms with E-state index in [1.807, 2.05) is 0 Å². The molecule has 0 spiro atoms. The van der Waals surface area contributed by atoms with Crippen LogP contribution in [0.5, 0.6) is 0 Å². The minimum Gasteiger partial charge on any atom is -0.790 e. The number of rotatable bonds is 4. The van der Waals surface area contributed by atoms with E-state index in [1.54, 1.807) is 0 Å². The van der Waals surface area contributed by atoms with Crippen LogP contribution in [0.4, 0.5) is 0 Å². The summed E-state index contributed by atoms with van der Waals surface area (Å²) in [7, 11) is -5.14. The second-order valence-electron chi connectivity index (χ2n) is 6.00. The second kappa shape index (κ2) is 15.7. The van der Waals surface area contributed by atoms with E-state index in [1.165, 1.54) is 0 Å². The first-order valence-electron chi connectivity index (χ1n) is 7.83. The number of aliphatic hydroxyl groups is 8. The van der Waals surface area contributed by atoms with Gasteiger partial charge in [-0.25, -0.2) is 0 Å². The molecule has 10 atom stereocenters. The molecule has 2 aliphatic heterocycles. The van der Waals surface area contributed by atoms with Crippen molar-refractivity contribution >= 4 is 45.6 Å². The van der Waals surface area contributed by atoms with Crippen LogP contribution in [0, 0.1) is 0 Å². The van der Waals surface area contributed by atoms with E-state index in [2.05, 4.69) is 0 Å². The molecule has 2 aliphatic rings. The van der Waals surface area contributed by atoms with Crippen molar-refractivity contribution in [2.45, 2.75) is 61.4 Å². The van der Waals surface area contributed by atoms with Crippen LogP contribution < -0.4 is 9.79 Å².